The minimum absolute atomic E-state index is 0.0649. The van der Waals surface area contributed by atoms with E-state index in [0.717, 1.165) is 43.0 Å². The minimum Gasteiger partial charge on any atom is -0.368 e. The Morgan fingerprint density at radius 3 is 2.92 bits per heavy atom. The summed E-state index contributed by atoms with van der Waals surface area (Å²) < 4.78 is 5.42. The predicted octanol–water partition coefficient (Wildman–Crippen LogP) is 2.66. The average Bonchev–Trinajstić information content (AvgIpc) is 3.15. The molecule has 0 radical (unpaired) electrons. The molecule has 1 amide bonds. The van der Waals surface area contributed by atoms with E-state index in [4.69, 9.17) is 4.74 Å². The topological polar surface area (TPSA) is 74.8 Å². The number of carbonyl (C=O) groups excluding carboxylic acids is 1. The summed E-state index contributed by atoms with van der Waals surface area (Å²) in [5.74, 6) is 0.746. The van der Waals surface area contributed by atoms with Crippen molar-refractivity contribution in [3.05, 3.63) is 29.8 Å². The van der Waals surface area contributed by atoms with Crippen molar-refractivity contribution >= 4 is 17.6 Å². The van der Waals surface area contributed by atoms with E-state index in [9.17, 15) is 4.79 Å². The Labute approximate surface area is 150 Å². The smallest absolute Gasteiger partial charge is 0.253 e. The molecule has 1 heterocycles. The number of amides is 1. The molecule has 6 nitrogen and oxygen atoms in total. The van der Waals surface area contributed by atoms with Gasteiger partial charge in [-0.15, -0.1) is 0 Å². The van der Waals surface area contributed by atoms with Crippen molar-refractivity contribution in [3.63, 3.8) is 0 Å². The lowest BCUT2D eigenvalue weighted by Crippen LogP contribution is -2.41. The van der Waals surface area contributed by atoms with Gasteiger partial charge in [0.1, 0.15) is 6.10 Å². The van der Waals surface area contributed by atoms with Crippen molar-refractivity contribution < 1.29 is 9.53 Å². The van der Waals surface area contributed by atoms with E-state index < -0.39 is 0 Å². The second-order valence-corrected chi connectivity index (χ2v) is 6.34. The zero-order valence-electron chi connectivity index (χ0n) is 15.5. The first kappa shape index (κ1) is 19.2. The highest BCUT2D eigenvalue weighted by molar-refractivity contribution is 5.94. The van der Waals surface area contributed by atoms with Crippen LogP contribution < -0.4 is 16.0 Å². The molecule has 2 unspecified atom stereocenters. The summed E-state index contributed by atoms with van der Waals surface area (Å²) in [5, 5.41) is 9.56. The van der Waals surface area contributed by atoms with Crippen molar-refractivity contribution in [2.75, 3.05) is 18.5 Å². The number of aliphatic imine (C=N–C) groups is 1. The van der Waals surface area contributed by atoms with E-state index in [1.54, 1.807) is 0 Å². The monoisotopic (exact) mass is 346 g/mol. The van der Waals surface area contributed by atoms with E-state index in [0.29, 0.717) is 19.2 Å². The highest BCUT2D eigenvalue weighted by atomic mass is 16.5. The number of rotatable bonds is 7. The first-order valence-corrected chi connectivity index (χ1v) is 9.18. The van der Waals surface area contributed by atoms with Crippen LogP contribution in [-0.2, 0) is 16.1 Å². The molecule has 2 rings (SSSR count). The van der Waals surface area contributed by atoms with E-state index >= 15 is 0 Å². The maximum absolute atomic E-state index is 12.1. The molecule has 3 N–H and O–H groups in total. The van der Waals surface area contributed by atoms with Crippen LogP contribution in [0.2, 0.25) is 0 Å². The van der Waals surface area contributed by atoms with E-state index in [2.05, 4.69) is 41.7 Å². The second-order valence-electron chi connectivity index (χ2n) is 6.34. The maximum Gasteiger partial charge on any atom is 0.253 e. The van der Waals surface area contributed by atoms with Gasteiger partial charge in [0.2, 0.25) is 0 Å². The van der Waals surface area contributed by atoms with Crippen LogP contribution in [-0.4, -0.2) is 37.2 Å². The van der Waals surface area contributed by atoms with Gasteiger partial charge in [-0.2, -0.15) is 0 Å². The number of anilines is 1. The van der Waals surface area contributed by atoms with Crippen LogP contribution in [0.5, 0.6) is 0 Å². The number of ether oxygens (including phenoxy) is 1. The number of hydrogen-bond acceptors (Lipinski definition) is 3. The van der Waals surface area contributed by atoms with Crippen LogP contribution in [0.25, 0.3) is 0 Å². The second kappa shape index (κ2) is 10.0. The number of guanidine groups is 1. The van der Waals surface area contributed by atoms with Crippen LogP contribution in [0.1, 0.15) is 45.6 Å². The molecule has 1 aromatic carbocycles. The molecule has 0 spiro atoms. The van der Waals surface area contributed by atoms with Gasteiger partial charge in [-0.1, -0.05) is 19.1 Å². The molecule has 25 heavy (non-hydrogen) atoms. The standard InChI is InChI=1S/C19H30N4O2/c1-4-14(3)22-19(20-5-2)21-13-15-8-6-9-16(12-15)23-18(24)17-10-7-11-25-17/h6,8-9,12,14,17H,4-5,7,10-11,13H2,1-3H3,(H,23,24)(H2,20,21,22). The molecule has 1 aromatic rings. The minimum atomic E-state index is -0.318. The lowest BCUT2D eigenvalue weighted by molar-refractivity contribution is -0.124. The number of hydrogen-bond donors (Lipinski definition) is 3. The molecule has 0 bridgehead atoms. The Morgan fingerprint density at radius 2 is 2.24 bits per heavy atom. The molecule has 1 aliphatic rings. The van der Waals surface area contributed by atoms with E-state index in [1.165, 1.54) is 0 Å². The third-order valence-electron chi connectivity index (χ3n) is 4.18. The fourth-order valence-electron chi connectivity index (χ4n) is 2.58. The fraction of sp³-hybridized carbons (Fsp3) is 0.579. The maximum atomic E-state index is 12.1. The molecule has 1 aliphatic heterocycles. The molecular formula is C19H30N4O2. The Hall–Kier alpha value is -2.08. The van der Waals surface area contributed by atoms with Crippen molar-refractivity contribution in [3.8, 4) is 0 Å². The van der Waals surface area contributed by atoms with Gasteiger partial charge in [-0.3, -0.25) is 4.79 Å². The molecule has 6 heteroatoms. The molecule has 138 valence electrons. The Morgan fingerprint density at radius 1 is 1.40 bits per heavy atom. The van der Waals surface area contributed by atoms with Crippen molar-refractivity contribution in [2.24, 2.45) is 4.99 Å². The summed E-state index contributed by atoms with van der Waals surface area (Å²) in [5.41, 5.74) is 1.83. The first-order chi connectivity index (χ1) is 12.1. The average molecular weight is 346 g/mol. The van der Waals surface area contributed by atoms with Gasteiger partial charge in [0.25, 0.3) is 5.91 Å². The summed E-state index contributed by atoms with van der Waals surface area (Å²) in [6.45, 7) is 8.36. The quantitative estimate of drug-likeness (QED) is 0.524. The number of nitrogens with one attached hydrogen (secondary N) is 3. The fourth-order valence-corrected chi connectivity index (χ4v) is 2.58. The van der Waals surface area contributed by atoms with Crippen molar-refractivity contribution in [1.29, 1.82) is 0 Å². The summed E-state index contributed by atoms with van der Waals surface area (Å²) in [6, 6.07) is 8.17. The number of carbonyl (C=O) groups is 1. The van der Waals surface area contributed by atoms with Gasteiger partial charge in [-0.25, -0.2) is 4.99 Å². The van der Waals surface area contributed by atoms with Crippen LogP contribution in [0, 0.1) is 0 Å². The van der Waals surface area contributed by atoms with Crippen LogP contribution in [0.15, 0.2) is 29.3 Å². The molecule has 0 saturated carbocycles. The predicted molar refractivity (Wildman–Crippen MR) is 102 cm³/mol. The highest BCUT2D eigenvalue weighted by Gasteiger charge is 2.23. The number of nitrogens with zero attached hydrogens (tertiary/aromatic N) is 1. The lowest BCUT2D eigenvalue weighted by atomic mass is 10.2. The van der Waals surface area contributed by atoms with Gasteiger partial charge in [0.05, 0.1) is 6.54 Å². The third kappa shape index (κ3) is 6.38. The van der Waals surface area contributed by atoms with Crippen molar-refractivity contribution in [2.45, 2.75) is 58.7 Å². The van der Waals surface area contributed by atoms with E-state index in [-0.39, 0.29) is 12.0 Å². The Kier molecular flexibility index (Phi) is 7.73. The summed E-state index contributed by atoms with van der Waals surface area (Å²) in [7, 11) is 0. The SMILES string of the molecule is CCNC(=NCc1cccc(NC(=O)C2CCCO2)c1)NC(C)CC. The van der Waals surface area contributed by atoms with Crippen molar-refractivity contribution in [1.82, 2.24) is 10.6 Å². The Balaban J connectivity index is 1.96. The normalized spacial score (nSPS) is 18.7. The van der Waals surface area contributed by atoms with E-state index in [1.807, 2.05) is 24.3 Å². The zero-order valence-corrected chi connectivity index (χ0v) is 15.5. The molecule has 1 fully saturated rings. The highest BCUT2D eigenvalue weighted by Crippen LogP contribution is 2.16. The molecule has 1 saturated heterocycles. The zero-order chi connectivity index (χ0) is 18.1. The lowest BCUT2D eigenvalue weighted by Gasteiger charge is -2.16. The van der Waals surface area contributed by atoms with Gasteiger partial charge in [0, 0.05) is 24.9 Å². The summed E-state index contributed by atoms with van der Waals surface area (Å²) >= 11 is 0. The summed E-state index contributed by atoms with van der Waals surface area (Å²) in [6.07, 6.45) is 2.46. The third-order valence-corrected chi connectivity index (χ3v) is 4.18. The molecular weight excluding hydrogens is 316 g/mol. The van der Waals surface area contributed by atoms with Gasteiger partial charge in [-0.05, 0) is 50.8 Å². The Bertz CT molecular complexity index is 583. The van der Waals surface area contributed by atoms with Gasteiger partial charge in [0.15, 0.2) is 5.96 Å². The first-order valence-electron chi connectivity index (χ1n) is 9.18. The number of benzene rings is 1. The van der Waals surface area contributed by atoms with Crippen LogP contribution in [0.3, 0.4) is 0 Å². The van der Waals surface area contributed by atoms with Crippen LogP contribution in [0.4, 0.5) is 5.69 Å². The molecule has 2 atom stereocenters. The van der Waals surface area contributed by atoms with Gasteiger partial charge >= 0.3 is 0 Å². The van der Waals surface area contributed by atoms with Gasteiger partial charge < -0.3 is 20.7 Å². The van der Waals surface area contributed by atoms with Crippen LogP contribution >= 0.6 is 0 Å². The largest absolute Gasteiger partial charge is 0.368 e. The molecule has 0 aromatic heterocycles. The molecule has 0 aliphatic carbocycles. The summed E-state index contributed by atoms with van der Waals surface area (Å²) in [4.78, 5) is 16.8.